The molecule has 0 aromatic carbocycles. The van der Waals surface area contributed by atoms with Gasteiger partial charge in [-0.2, -0.15) is 15.0 Å². The molecule has 21 heavy (non-hydrogen) atoms. The highest BCUT2D eigenvalue weighted by Gasteiger charge is 2.27. The maximum absolute atomic E-state index is 5.59. The summed E-state index contributed by atoms with van der Waals surface area (Å²) in [6.07, 6.45) is 3.76. The molecule has 1 aliphatic rings. The van der Waals surface area contributed by atoms with Crippen molar-refractivity contribution in [2.75, 3.05) is 17.7 Å². The van der Waals surface area contributed by atoms with Gasteiger partial charge in [0.1, 0.15) is 0 Å². The lowest BCUT2D eigenvalue weighted by molar-refractivity contribution is 0.221. The summed E-state index contributed by atoms with van der Waals surface area (Å²) in [7, 11) is 1.80. The fourth-order valence-electron chi connectivity index (χ4n) is 2.75. The first-order valence-electron chi connectivity index (χ1n) is 7.86. The molecule has 2 rings (SSSR count). The number of nitrogens with zero attached hydrogens (tertiary/aromatic N) is 3. The molecule has 1 saturated carbocycles. The van der Waals surface area contributed by atoms with Crippen LogP contribution in [-0.4, -0.2) is 34.1 Å². The maximum Gasteiger partial charge on any atom is 0.323 e. The molecule has 0 aliphatic heterocycles. The molecule has 0 spiro atoms. The van der Waals surface area contributed by atoms with Crippen molar-refractivity contribution in [3.05, 3.63) is 0 Å². The van der Waals surface area contributed by atoms with Gasteiger partial charge in [0.2, 0.25) is 11.9 Å². The van der Waals surface area contributed by atoms with Crippen LogP contribution >= 0.6 is 0 Å². The Kier molecular flexibility index (Phi) is 5.20. The van der Waals surface area contributed by atoms with E-state index in [-0.39, 0.29) is 6.10 Å². The van der Waals surface area contributed by atoms with Gasteiger partial charge in [0.05, 0.1) is 6.10 Å². The number of rotatable bonds is 5. The average molecular weight is 293 g/mol. The Bertz CT molecular complexity index is 465. The molecule has 118 valence electrons. The van der Waals surface area contributed by atoms with Crippen molar-refractivity contribution in [1.82, 2.24) is 15.0 Å². The van der Waals surface area contributed by atoms with E-state index in [4.69, 9.17) is 4.74 Å². The van der Waals surface area contributed by atoms with Crippen molar-refractivity contribution >= 4 is 11.9 Å². The number of nitrogens with one attached hydrogen (secondary N) is 2. The molecule has 1 fully saturated rings. The Balaban J connectivity index is 2.14. The molecule has 3 unspecified atom stereocenters. The largest absolute Gasteiger partial charge is 0.461 e. The van der Waals surface area contributed by atoms with Crippen molar-refractivity contribution in [1.29, 1.82) is 0 Å². The third-order valence-electron chi connectivity index (χ3n) is 4.20. The van der Waals surface area contributed by atoms with Gasteiger partial charge in [-0.25, -0.2) is 0 Å². The lowest BCUT2D eigenvalue weighted by atomic mass is 9.78. The Hall–Kier alpha value is -1.59. The second-order valence-electron chi connectivity index (χ2n) is 6.20. The molecule has 0 saturated heterocycles. The Morgan fingerprint density at radius 1 is 1.10 bits per heavy atom. The van der Waals surface area contributed by atoms with Crippen LogP contribution in [0.1, 0.15) is 47.0 Å². The third kappa shape index (κ3) is 4.19. The molecule has 6 heteroatoms. The first-order valence-corrected chi connectivity index (χ1v) is 7.86. The summed E-state index contributed by atoms with van der Waals surface area (Å²) >= 11 is 0. The second kappa shape index (κ2) is 6.91. The first-order chi connectivity index (χ1) is 9.99. The van der Waals surface area contributed by atoms with Crippen molar-refractivity contribution < 1.29 is 4.74 Å². The predicted octanol–water partition coefficient (Wildman–Crippen LogP) is 2.94. The normalized spacial score (nSPS) is 25.7. The standard InChI is InChI=1S/C15H27N5O/c1-9(2)21-15-19-13(16-5)18-14(20-15)17-12-8-6-7-10(3)11(12)4/h9-12H,6-8H2,1-5H3,(H2,16,17,18,19,20). The summed E-state index contributed by atoms with van der Waals surface area (Å²) in [6, 6.07) is 0.774. The highest BCUT2D eigenvalue weighted by atomic mass is 16.5. The van der Waals surface area contributed by atoms with E-state index in [2.05, 4.69) is 39.4 Å². The number of ether oxygens (including phenoxy) is 1. The van der Waals surface area contributed by atoms with Crippen molar-refractivity contribution in [2.24, 2.45) is 11.8 Å². The van der Waals surface area contributed by atoms with Crippen LogP contribution in [0.25, 0.3) is 0 Å². The fraction of sp³-hybridized carbons (Fsp3) is 0.800. The lowest BCUT2D eigenvalue weighted by Crippen LogP contribution is -2.35. The summed E-state index contributed by atoms with van der Waals surface area (Å²) in [4.78, 5) is 13.0. The van der Waals surface area contributed by atoms with E-state index in [1.807, 2.05) is 13.8 Å². The number of aromatic nitrogens is 3. The first kappa shape index (κ1) is 15.8. The lowest BCUT2D eigenvalue weighted by Gasteiger charge is -2.34. The fourth-order valence-corrected chi connectivity index (χ4v) is 2.75. The van der Waals surface area contributed by atoms with E-state index < -0.39 is 0 Å². The van der Waals surface area contributed by atoms with Gasteiger partial charge in [-0.1, -0.05) is 26.7 Å². The quantitative estimate of drug-likeness (QED) is 0.869. The monoisotopic (exact) mass is 293 g/mol. The van der Waals surface area contributed by atoms with E-state index in [1.165, 1.54) is 12.8 Å². The topological polar surface area (TPSA) is 72.0 Å². The van der Waals surface area contributed by atoms with E-state index >= 15 is 0 Å². The minimum absolute atomic E-state index is 0.0404. The molecule has 0 radical (unpaired) electrons. The molecule has 0 bridgehead atoms. The van der Waals surface area contributed by atoms with Crippen LogP contribution in [0, 0.1) is 11.8 Å². The van der Waals surface area contributed by atoms with Crippen LogP contribution in [0.4, 0.5) is 11.9 Å². The van der Waals surface area contributed by atoms with Gasteiger partial charge in [-0.05, 0) is 32.1 Å². The summed E-state index contributed by atoms with van der Waals surface area (Å²) in [5, 5.41) is 6.42. The molecule has 2 N–H and O–H groups in total. The zero-order chi connectivity index (χ0) is 15.4. The van der Waals surface area contributed by atoms with Gasteiger partial charge in [0.25, 0.3) is 0 Å². The molecule has 1 aliphatic carbocycles. The highest BCUT2D eigenvalue weighted by Crippen LogP contribution is 2.31. The molecule has 1 heterocycles. The van der Waals surface area contributed by atoms with Crippen molar-refractivity contribution in [2.45, 2.75) is 59.1 Å². The van der Waals surface area contributed by atoms with Crippen LogP contribution in [0.3, 0.4) is 0 Å². The highest BCUT2D eigenvalue weighted by molar-refractivity contribution is 5.36. The SMILES string of the molecule is CNc1nc(NC2CCCC(C)C2C)nc(OC(C)C)n1. The molecule has 0 amide bonds. The van der Waals surface area contributed by atoms with E-state index in [0.29, 0.717) is 29.9 Å². The zero-order valence-electron chi connectivity index (χ0n) is 13.7. The van der Waals surface area contributed by atoms with Crippen LogP contribution in [0.15, 0.2) is 0 Å². The Morgan fingerprint density at radius 3 is 2.48 bits per heavy atom. The predicted molar refractivity (Wildman–Crippen MR) is 84.7 cm³/mol. The van der Waals surface area contributed by atoms with Gasteiger partial charge in [-0.15, -0.1) is 0 Å². The maximum atomic E-state index is 5.59. The van der Waals surface area contributed by atoms with E-state index in [9.17, 15) is 0 Å². The Labute approximate surface area is 127 Å². The molecular weight excluding hydrogens is 266 g/mol. The number of anilines is 2. The van der Waals surface area contributed by atoms with Crippen LogP contribution in [-0.2, 0) is 0 Å². The van der Waals surface area contributed by atoms with Crippen LogP contribution in [0.5, 0.6) is 6.01 Å². The molecule has 1 aromatic heterocycles. The van der Waals surface area contributed by atoms with Gasteiger partial charge >= 0.3 is 6.01 Å². The molecule has 1 aromatic rings. The van der Waals surface area contributed by atoms with Gasteiger partial charge in [-0.3, -0.25) is 0 Å². The van der Waals surface area contributed by atoms with Crippen LogP contribution in [0.2, 0.25) is 0 Å². The zero-order valence-corrected chi connectivity index (χ0v) is 13.7. The smallest absolute Gasteiger partial charge is 0.323 e. The van der Waals surface area contributed by atoms with Gasteiger partial charge < -0.3 is 15.4 Å². The number of hydrogen-bond acceptors (Lipinski definition) is 6. The van der Waals surface area contributed by atoms with Gasteiger partial charge in [0, 0.05) is 13.1 Å². The Morgan fingerprint density at radius 2 is 1.81 bits per heavy atom. The summed E-state index contributed by atoms with van der Waals surface area (Å²) in [6.45, 7) is 8.53. The van der Waals surface area contributed by atoms with E-state index in [1.54, 1.807) is 7.05 Å². The third-order valence-corrected chi connectivity index (χ3v) is 4.20. The molecule has 6 nitrogen and oxygen atoms in total. The summed E-state index contributed by atoms with van der Waals surface area (Å²) in [5.41, 5.74) is 0. The average Bonchev–Trinajstić information content (AvgIpc) is 2.43. The van der Waals surface area contributed by atoms with Crippen molar-refractivity contribution in [3.8, 4) is 6.01 Å². The van der Waals surface area contributed by atoms with Crippen LogP contribution < -0.4 is 15.4 Å². The van der Waals surface area contributed by atoms with Gasteiger partial charge in [0.15, 0.2) is 0 Å². The molecular formula is C15H27N5O. The van der Waals surface area contributed by atoms with E-state index in [0.717, 1.165) is 12.3 Å². The van der Waals surface area contributed by atoms with Crippen molar-refractivity contribution in [3.63, 3.8) is 0 Å². The summed E-state index contributed by atoms with van der Waals surface area (Å²) in [5.74, 6) is 2.46. The summed E-state index contributed by atoms with van der Waals surface area (Å²) < 4.78 is 5.59. The number of hydrogen-bond donors (Lipinski definition) is 2. The molecule has 3 atom stereocenters. The second-order valence-corrected chi connectivity index (χ2v) is 6.20. The minimum Gasteiger partial charge on any atom is -0.461 e. The minimum atomic E-state index is 0.0404.